The number of carbonyl (C=O) groups is 1. The molecule has 0 saturated carbocycles. The van der Waals surface area contributed by atoms with Crippen molar-refractivity contribution < 1.29 is 4.79 Å². The Labute approximate surface area is 110 Å². The van der Waals surface area contributed by atoms with E-state index in [1.54, 1.807) is 0 Å². The molecule has 0 fully saturated rings. The summed E-state index contributed by atoms with van der Waals surface area (Å²) < 4.78 is 0. The molecule has 0 heterocycles. The van der Waals surface area contributed by atoms with Gasteiger partial charge >= 0.3 is 0 Å². The van der Waals surface area contributed by atoms with Crippen LogP contribution in [0.15, 0.2) is 30.3 Å². The van der Waals surface area contributed by atoms with E-state index in [1.807, 2.05) is 30.3 Å². The third-order valence-electron chi connectivity index (χ3n) is 2.69. The van der Waals surface area contributed by atoms with Crippen LogP contribution in [0.25, 0.3) is 0 Å². The molecule has 0 saturated heterocycles. The van der Waals surface area contributed by atoms with Crippen LogP contribution in [-0.4, -0.2) is 18.5 Å². The van der Waals surface area contributed by atoms with Gasteiger partial charge in [-0.05, 0) is 30.9 Å². The van der Waals surface area contributed by atoms with Gasteiger partial charge in [0, 0.05) is 12.2 Å². The number of hydrogen-bond acceptors (Lipinski definition) is 2. The molecule has 2 N–H and O–H groups in total. The molecule has 1 rings (SSSR count). The van der Waals surface area contributed by atoms with Gasteiger partial charge in [0.15, 0.2) is 0 Å². The summed E-state index contributed by atoms with van der Waals surface area (Å²) in [4.78, 5) is 12.1. The minimum Gasteiger partial charge on any atom is -0.374 e. The number of carbonyl (C=O) groups excluding carboxylic acids is 1. The fourth-order valence-electron chi connectivity index (χ4n) is 1.81. The lowest BCUT2D eigenvalue weighted by molar-refractivity contribution is -0.122. The molecule has 0 radical (unpaired) electrons. The maximum Gasteiger partial charge on any atom is 0.242 e. The van der Waals surface area contributed by atoms with Crippen LogP contribution < -0.4 is 10.6 Å². The Morgan fingerprint density at radius 1 is 1.22 bits per heavy atom. The molecule has 1 unspecified atom stereocenters. The molecule has 0 spiro atoms. The summed E-state index contributed by atoms with van der Waals surface area (Å²) in [7, 11) is 0. The van der Waals surface area contributed by atoms with Crippen molar-refractivity contribution in [2.75, 3.05) is 11.9 Å². The Hall–Kier alpha value is -1.51. The maximum atomic E-state index is 12.1. The van der Waals surface area contributed by atoms with Gasteiger partial charge in [0.1, 0.15) is 6.04 Å². The molecule has 18 heavy (non-hydrogen) atoms. The zero-order valence-electron chi connectivity index (χ0n) is 11.6. The predicted molar refractivity (Wildman–Crippen MR) is 76.6 cm³/mol. The van der Waals surface area contributed by atoms with Crippen LogP contribution >= 0.6 is 0 Å². The zero-order valence-corrected chi connectivity index (χ0v) is 11.6. The highest BCUT2D eigenvalue weighted by Crippen LogP contribution is 2.13. The van der Waals surface area contributed by atoms with E-state index in [9.17, 15) is 4.79 Å². The first-order valence-corrected chi connectivity index (χ1v) is 6.72. The van der Waals surface area contributed by atoms with Crippen LogP contribution in [0, 0.1) is 5.92 Å². The van der Waals surface area contributed by atoms with Gasteiger partial charge in [0.2, 0.25) is 5.91 Å². The lowest BCUT2D eigenvalue weighted by Gasteiger charge is -2.21. The van der Waals surface area contributed by atoms with E-state index in [-0.39, 0.29) is 11.9 Å². The molecule has 3 heteroatoms. The number of amides is 1. The molecule has 100 valence electrons. The Kier molecular flexibility index (Phi) is 6.26. The van der Waals surface area contributed by atoms with E-state index in [0.717, 1.165) is 25.1 Å². The molecule has 3 nitrogen and oxygen atoms in total. The van der Waals surface area contributed by atoms with Gasteiger partial charge < -0.3 is 10.6 Å². The maximum absolute atomic E-state index is 12.1. The molecule has 1 atom stereocenters. The average molecular weight is 248 g/mol. The second-order valence-corrected chi connectivity index (χ2v) is 4.98. The van der Waals surface area contributed by atoms with Gasteiger partial charge in [-0.25, -0.2) is 0 Å². The van der Waals surface area contributed by atoms with Crippen molar-refractivity contribution in [3.05, 3.63) is 30.3 Å². The van der Waals surface area contributed by atoms with Gasteiger partial charge in [-0.1, -0.05) is 39.0 Å². The number of hydrogen-bond donors (Lipinski definition) is 2. The first-order valence-electron chi connectivity index (χ1n) is 6.72. The Bertz CT molecular complexity index is 349. The number of para-hydroxylation sites is 1. The molecule has 0 aliphatic carbocycles. The van der Waals surface area contributed by atoms with Crippen molar-refractivity contribution in [3.8, 4) is 0 Å². The van der Waals surface area contributed by atoms with Crippen molar-refractivity contribution >= 4 is 11.6 Å². The topological polar surface area (TPSA) is 41.1 Å². The standard InChI is InChI=1S/C15H24N2O/c1-4-10-16-15(18)14(11-12(2)3)17-13-8-6-5-7-9-13/h5-9,12,14,17H,4,10-11H2,1-3H3,(H,16,18). The molecule has 1 aromatic carbocycles. The van der Waals surface area contributed by atoms with E-state index in [0.29, 0.717) is 5.92 Å². The van der Waals surface area contributed by atoms with Crippen molar-refractivity contribution in [3.63, 3.8) is 0 Å². The number of nitrogens with one attached hydrogen (secondary N) is 2. The van der Waals surface area contributed by atoms with Crippen molar-refractivity contribution in [2.24, 2.45) is 5.92 Å². The van der Waals surface area contributed by atoms with E-state index in [1.165, 1.54) is 0 Å². The molecular formula is C15H24N2O. The second kappa shape index (κ2) is 7.75. The fourth-order valence-corrected chi connectivity index (χ4v) is 1.81. The third kappa shape index (κ3) is 5.21. The highest BCUT2D eigenvalue weighted by atomic mass is 16.2. The largest absolute Gasteiger partial charge is 0.374 e. The Morgan fingerprint density at radius 2 is 1.89 bits per heavy atom. The summed E-state index contributed by atoms with van der Waals surface area (Å²) >= 11 is 0. The fraction of sp³-hybridized carbons (Fsp3) is 0.533. The summed E-state index contributed by atoms with van der Waals surface area (Å²) in [6.45, 7) is 7.06. The first-order chi connectivity index (χ1) is 8.63. The minimum atomic E-state index is -0.154. The Morgan fingerprint density at radius 3 is 2.44 bits per heavy atom. The monoisotopic (exact) mass is 248 g/mol. The smallest absolute Gasteiger partial charge is 0.242 e. The molecule has 1 aromatic rings. The van der Waals surface area contributed by atoms with Gasteiger partial charge in [-0.15, -0.1) is 0 Å². The van der Waals surface area contributed by atoms with Gasteiger partial charge in [-0.2, -0.15) is 0 Å². The van der Waals surface area contributed by atoms with E-state index in [2.05, 4.69) is 31.4 Å². The van der Waals surface area contributed by atoms with Crippen molar-refractivity contribution in [1.29, 1.82) is 0 Å². The molecule has 0 bridgehead atoms. The van der Waals surface area contributed by atoms with Crippen molar-refractivity contribution in [1.82, 2.24) is 5.32 Å². The SMILES string of the molecule is CCCNC(=O)C(CC(C)C)Nc1ccccc1. The number of benzene rings is 1. The zero-order chi connectivity index (χ0) is 13.4. The summed E-state index contributed by atoms with van der Waals surface area (Å²) in [6, 6.07) is 9.73. The van der Waals surface area contributed by atoms with Crippen LogP contribution in [0.1, 0.15) is 33.6 Å². The first kappa shape index (κ1) is 14.6. The molecular weight excluding hydrogens is 224 g/mol. The van der Waals surface area contributed by atoms with E-state index >= 15 is 0 Å². The highest BCUT2D eigenvalue weighted by Gasteiger charge is 2.18. The van der Waals surface area contributed by atoms with E-state index in [4.69, 9.17) is 0 Å². The molecule has 0 aliphatic rings. The second-order valence-electron chi connectivity index (χ2n) is 4.98. The number of anilines is 1. The quantitative estimate of drug-likeness (QED) is 0.778. The lowest BCUT2D eigenvalue weighted by atomic mass is 10.0. The van der Waals surface area contributed by atoms with Gasteiger partial charge in [-0.3, -0.25) is 4.79 Å². The van der Waals surface area contributed by atoms with Crippen LogP contribution in [0.5, 0.6) is 0 Å². The summed E-state index contributed by atoms with van der Waals surface area (Å²) in [5, 5.41) is 6.26. The Balaban J connectivity index is 2.63. The number of rotatable bonds is 7. The summed E-state index contributed by atoms with van der Waals surface area (Å²) in [5.74, 6) is 0.577. The summed E-state index contributed by atoms with van der Waals surface area (Å²) in [6.07, 6.45) is 1.80. The van der Waals surface area contributed by atoms with Crippen LogP contribution in [-0.2, 0) is 4.79 Å². The minimum absolute atomic E-state index is 0.0920. The van der Waals surface area contributed by atoms with Crippen LogP contribution in [0.2, 0.25) is 0 Å². The van der Waals surface area contributed by atoms with Gasteiger partial charge in [0.25, 0.3) is 0 Å². The molecule has 0 aromatic heterocycles. The predicted octanol–water partition coefficient (Wildman–Crippen LogP) is 3.04. The molecule has 1 amide bonds. The van der Waals surface area contributed by atoms with Crippen molar-refractivity contribution in [2.45, 2.75) is 39.7 Å². The third-order valence-corrected chi connectivity index (χ3v) is 2.69. The van der Waals surface area contributed by atoms with Crippen LogP contribution in [0.3, 0.4) is 0 Å². The summed E-state index contributed by atoms with van der Waals surface area (Å²) in [5.41, 5.74) is 0.995. The molecule has 0 aliphatic heterocycles. The lowest BCUT2D eigenvalue weighted by Crippen LogP contribution is -2.40. The average Bonchev–Trinajstić information content (AvgIpc) is 2.36. The highest BCUT2D eigenvalue weighted by molar-refractivity contribution is 5.84. The van der Waals surface area contributed by atoms with Gasteiger partial charge in [0.05, 0.1) is 0 Å². The normalized spacial score (nSPS) is 12.2. The van der Waals surface area contributed by atoms with Crippen LogP contribution in [0.4, 0.5) is 5.69 Å². The van der Waals surface area contributed by atoms with E-state index < -0.39 is 0 Å².